The maximum Gasteiger partial charge on any atom is 0.204 e. The molecule has 0 aliphatic carbocycles. The number of anilines is 1. The van der Waals surface area contributed by atoms with Crippen molar-refractivity contribution in [1.82, 2.24) is 4.98 Å². The molecule has 1 N–H and O–H groups in total. The predicted octanol–water partition coefficient (Wildman–Crippen LogP) is 4.56. The Morgan fingerprint density at radius 3 is 2.38 bits per heavy atom. The van der Waals surface area contributed by atoms with E-state index in [1.54, 1.807) is 17.6 Å². The molecular weight excluding hydrogens is 278 g/mol. The molecule has 0 unspecified atom stereocenters. The van der Waals surface area contributed by atoms with Crippen molar-refractivity contribution in [3.8, 4) is 11.3 Å². The number of nitrogens with one attached hydrogen (secondary N) is 1. The van der Waals surface area contributed by atoms with E-state index in [1.807, 2.05) is 48.5 Å². The van der Waals surface area contributed by atoms with E-state index in [0.29, 0.717) is 0 Å². The molecule has 104 valence electrons. The van der Waals surface area contributed by atoms with E-state index in [1.165, 1.54) is 4.88 Å². The second-order valence-electron chi connectivity index (χ2n) is 4.57. The van der Waals surface area contributed by atoms with Gasteiger partial charge in [0.05, 0.1) is 11.9 Å². The van der Waals surface area contributed by atoms with Gasteiger partial charge in [0.25, 0.3) is 0 Å². The number of aromatic nitrogens is 1. The van der Waals surface area contributed by atoms with Crippen LogP contribution in [0.5, 0.6) is 0 Å². The maximum absolute atomic E-state index is 4.60. The van der Waals surface area contributed by atoms with Crippen LogP contribution in [0.15, 0.2) is 65.8 Å². The molecule has 21 heavy (non-hydrogen) atoms. The molecule has 0 aliphatic rings. The van der Waals surface area contributed by atoms with Gasteiger partial charge in [-0.25, -0.2) is 4.98 Å². The van der Waals surface area contributed by atoms with Crippen LogP contribution in [-0.4, -0.2) is 11.2 Å². The zero-order valence-corrected chi connectivity index (χ0v) is 12.5. The third-order valence-corrected chi connectivity index (χ3v) is 3.89. The zero-order valence-electron chi connectivity index (χ0n) is 11.7. The molecule has 0 aliphatic heterocycles. The van der Waals surface area contributed by atoms with Gasteiger partial charge in [0.2, 0.25) is 5.13 Å². The summed E-state index contributed by atoms with van der Waals surface area (Å²) in [4.78, 5) is 5.78. The molecule has 0 saturated carbocycles. The van der Waals surface area contributed by atoms with E-state index in [4.69, 9.17) is 0 Å². The Morgan fingerprint density at radius 1 is 1.00 bits per heavy atom. The van der Waals surface area contributed by atoms with Crippen molar-refractivity contribution in [2.24, 2.45) is 5.10 Å². The van der Waals surface area contributed by atoms with Crippen molar-refractivity contribution in [1.29, 1.82) is 0 Å². The standard InChI is InChI=1S/C17H15N3S/c1-13-16(15-10-6-3-7-11-15)19-17(21-13)20-18-12-14-8-4-2-5-9-14/h2-12H,1H3,(H,19,20)/b18-12-. The van der Waals surface area contributed by atoms with Crippen molar-refractivity contribution in [3.05, 3.63) is 71.1 Å². The highest BCUT2D eigenvalue weighted by Gasteiger charge is 2.08. The lowest BCUT2D eigenvalue weighted by atomic mass is 10.1. The van der Waals surface area contributed by atoms with E-state index in [9.17, 15) is 0 Å². The normalized spacial score (nSPS) is 10.9. The van der Waals surface area contributed by atoms with E-state index in [2.05, 4.69) is 34.6 Å². The minimum absolute atomic E-state index is 0.804. The summed E-state index contributed by atoms with van der Waals surface area (Å²) in [5.41, 5.74) is 6.20. The first-order chi connectivity index (χ1) is 10.3. The summed E-state index contributed by atoms with van der Waals surface area (Å²) in [6, 6.07) is 20.2. The summed E-state index contributed by atoms with van der Waals surface area (Å²) < 4.78 is 0. The minimum Gasteiger partial charge on any atom is -0.253 e. The SMILES string of the molecule is Cc1sc(N/N=C\c2ccccc2)nc1-c1ccccc1. The molecule has 0 amide bonds. The fraction of sp³-hybridized carbons (Fsp3) is 0.0588. The topological polar surface area (TPSA) is 37.3 Å². The van der Waals surface area contributed by atoms with Gasteiger partial charge < -0.3 is 0 Å². The first-order valence-electron chi connectivity index (χ1n) is 6.70. The molecule has 0 radical (unpaired) electrons. The number of benzene rings is 2. The fourth-order valence-corrected chi connectivity index (χ4v) is 2.79. The van der Waals surface area contributed by atoms with Gasteiger partial charge in [-0.2, -0.15) is 5.10 Å². The van der Waals surface area contributed by atoms with Crippen LogP contribution in [0.2, 0.25) is 0 Å². The average Bonchev–Trinajstić information content (AvgIpc) is 2.90. The highest BCUT2D eigenvalue weighted by Crippen LogP contribution is 2.30. The van der Waals surface area contributed by atoms with Gasteiger partial charge in [-0.1, -0.05) is 60.7 Å². The molecular formula is C17H15N3S. The lowest BCUT2D eigenvalue weighted by Gasteiger charge is -1.96. The summed E-state index contributed by atoms with van der Waals surface area (Å²) in [6.45, 7) is 2.08. The summed E-state index contributed by atoms with van der Waals surface area (Å²) in [7, 11) is 0. The Morgan fingerprint density at radius 2 is 1.67 bits per heavy atom. The summed E-state index contributed by atoms with van der Waals surface area (Å²) in [5.74, 6) is 0. The van der Waals surface area contributed by atoms with Crippen LogP contribution in [0, 0.1) is 6.92 Å². The highest BCUT2D eigenvalue weighted by atomic mass is 32.1. The van der Waals surface area contributed by atoms with Crippen LogP contribution < -0.4 is 5.43 Å². The molecule has 0 atom stereocenters. The second kappa shape index (κ2) is 6.33. The number of hydrazone groups is 1. The number of aryl methyl sites for hydroxylation is 1. The van der Waals surface area contributed by atoms with Gasteiger partial charge in [0.1, 0.15) is 0 Å². The molecule has 3 aromatic rings. The molecule has 2 aromatic carbocycles. The Bertz CT molecular complexity index is 733. The maximum atomic E-state index is 4.60. The van der Waals surface area contributed by atoms with Crippen molar-refractivity contribution in [2.45, 2.75) is 6.92 Å². The van der Waals surface area contributed by atoms with Crippen molar-refractivity contribution in [3.63, 3.8) is 0 Å². The van der Waals surface area contributed by atoms with Crippen LogP contribution in [0.3, 0.4) is 0 Å². The zero-order chi connectivity index (χ0) is 14.5. The highest BCUT2D eigenvalue weighted by molar-refractivity contribution is 7.15. The molecule has 0 saturated heterocycles. The minimum atomic E-state index is 0.804. The lowest BCUT2D eigenvalue weighted by molar-refractivity contribution is 1.28. The molecule has 1 aromatic heterocycles. The first-order valence-corrected chi connectivity index (χ1v) is 7.51. The first kappa shape index (κ1) is 13.5. The van der Waals surface area contributed by atoms with E-state index < -0.39 is 0 Å². The molecule has 0 fully saturated rings. The molecule has 1 heterocycles. The molecule has 3 rings (SSSR count). The van der Waals surface area contributed by atoms with Gasteiger partial charge in [-0.15, -0.1) is 11.3 Å². The Labute approximate surface area is 128 Å². The fourth-order valence-electron chi connectivity index (χ4n) is 2.01. The molecule has 3 nitrogen and oxygen atoms in total. The largest absolute Gasteiger partial charge is 0.253 e. The van der Waals surface area contributed by atoms with Crippen molar-refractivity contribution in [2.75, 3.05) is 5.43 Å². The lowest BCUT2D eigenvalue weighted by Crippen LogP contribution is -1.89. The summed E-state index contributed by atoms with van der Waals surface area (Å²) in [5, 5.41) is 5.04. The van der Waals surface area contributed by atoms with Gasteiger partial charge in [0, 0.05) is 10.4 Å². The Hall–Kier alpha value is -2.46. The van der Waals surface area contributed by atoms with Crippen molar-refractivity contribution >= 4 is 22.7 Å². The van der Waals surface area contributed by atoms with Crippen molar-refractivity contribution < 1.29 is 0 Å². The average molecular weight is 293 g/mol. The third-order valence-electron chi connectivity index (χ3n) is 3.02. The van der Waals surface area contributed by atoms with E-state index >= 15 is 0 Å². The Balaban J connectivity index is 1.75. The monoisotopic (exact) mass is 293 g/mol. The Kier molecular flexibility index (Phi) is 4.07. The quantitative estimate of drug-likeness (QED) is 0.565. The second-order valence-corrected chi connectivity index (χ2v) is 5.77. The molecule has 4 heteroatoms. The smallest absolute Gasteiger partial charge is 0.204 e. The number of hydrogen-bond donors (Lipinski definition) is 1. The van der Waals surface area contributed by atoms with Gasteiger partial charge in [-0.05, 0) is 12.5 Å². The van der Waals surface area contributed by atoms with Crippen LogP contribution in [0.25, 0.3) is 11.3 Å². The summed E-state index contributed by atoms with van der Waals surface area (Å²) >= 11 is 1.61. The number of hydrogen-bond acceptors (Lipinski definition) is 4. The van der Waals surface area contributed by atoms with Crippen LogP contribution in [0.1, 0.15) is 10.4 Å². The van der Waals surface area contributed by atoms with Gasteiger partial charge in [0.15, 0.2) is 0 Å². The number of rotatable bonds is 4. The van der Waals surface area contributed by atoms with E-state index in [0.717, 1.165) is 22.0 Å². The molecule has 0 bridgehead atoms. The van der Waals surface area contributed by atoms with Gasteiger partial charge in [-0.3, -0.25) is 5.43 Å². The predicted molar refractivity (Wildman–Crippen MR) is 89.9 cm³/mol. The van der Waals surface area contributed by atoms with Crippen LogP contribution in [0.4, 0.5) is 5.13 Å². The number of nitrogens with zero attached hydrogens (tertiary/aromatic N) is 2. The van der Waals surface area contributed by atoms with E-state index in [-0.39, 0.29) is 0 Å². The number of thiazole rings is 1. The molecule has 0 spiro atoms. The van der Waals surface area contributed by atoms with Gasteiger partial charge >= 0.3 is 0 Å². The third kappa shape index (κ3) is 3.35. The van der Waals surface area contributed by atoms with Crippen LogP contribution in [-0.2, 0) is 0 Å². The summed E-state index contributed by atoms with van der Waals surface area (Å²) in [6.07, 6.45) is 1.79. The van der Waals surface area contributed by atoms with Crippen LogP contribution >= 0.6 is 11.3 Å².